The Morgan fingerprint density at radius 3 is 2.41 bits per heavy atom. The summed E-state index contributed by atoms with van der Waals surface area (Å²) in [5.74, 6) is 0.742. The van der Waals surface area contributed by atoms with Crippen molar-refractivity contribution in [3.8, 4) is 17.2 Å². The maximum atomic E-state index is 12.2. The molecule has 0 atom stereocenters. The van der Waals surface area contributed by atoms with Crippen LogP contribution in [0.4, 0.5) is 18.9 Å². The maximum absolute atomic E-state index is 12.2. The van der Waals surface area contributed by atoms with Crippen LogP contribution >= 0.6 is 0 Å². The smallest absolute Gasteiger partial charge is 0.497 e. The third-order valence-electron chi connectivity index (χ3n) is 3.65. The molecule has 0 spiro atoms. The van der Waals surface area contributed by atoms with Crippen molar-refractivity contribution in [3.05, 3.63) is 72.2 Å². The minimum absolute atomic E-state index is 0.0323. The number of rotatable bonds is 7. The molecule has 3 aromatic rings. The van der Waals surface area contributed by atoms with Crippen molar-refractivity contribution in [1.82, 2.24) is 0 Å². The van der Waals surface area contributed by atoms with Gasteiger partial charge >= 0.3 is 6.36 Å². The zero-order chi connectivity index (χ0) is 20.9. The van der Waals surface area contributed by atoms with Gasteiger partial charge in [0, 0.05) is 11.8 Å². The van der Waals surface area contributed by atoms with Gasteiger partial charge in [-0.25, -0.2) is 0 Å². The van der Waals surface area contributed by atoms with E-state index >= 15 is 0 Å². The third-order valence-corrected chi connectivity index (χ3v) is 3.65. The zero-order valence-corrected chi connectivity index (χ0v) is 15.2. The molecule has 1 aromatic heterocycles. The average molecular weight is 407 g/mol. The molecule has 2 aromatic carbocycles. The molecule has 0 saturated heterocycles. The lowest BCUT2D eigenvalue weighted by Crippen LogP contribution is -2.17. The lowest BCUT2D eigenvalue weighted by Gasteiger charge is -2.09. The molecule has 1 amide bonds. The number of benzene rings is 2. The van der Waals surface area contributed by atoms with Gasteiger partial charge in [0.1, 0.15) is 29.6 Å². The number of methoxy groups -OCH3 is 1. The highest BCUT2D eigenvalue weighted by molar-refractivity contribution is 6.02. The van der Waals surface area contributed by atoms with Gasteiger partial charge in [-0.3, -0.25) is 4.79 Å². The molecule has 152 valence electrons. The Balaban J connectivity index is 1.56. The second-order valence-electron chi connectivity index (χ2n) is 5.76. The number of amides is 1. The van der Waals surface area contributed by atoms with Crippen LogP contribution in [0.1, 0.15) is 16.3 Å². The first-order valence-corrected chi connectivity index (χ1v) is 8.35. The van der Waals surface area contributed by atoms with Crippen LogP contribution in [0.15, 0.2) is 65.1 Å². The summed E-state index contributed by atoms with van der Waals surface area (Å²) in [4.78, 5) is 12.2. The highest BCUT2D eigenvalue weighted by atomic mass is 19.4. The molecule has 3 rings (SSSR count). The summed E-state index contributed by atoms with van der Waals surface area (Å²) in [6.07, 6.45) is -4.78. The van der Waals surface area contributed by atoms with Crippen LogP contribution in [0.5, 0.6) is 17.2 Å². The molecule has 1 heterocycles. The standard InChI is InChI=1S/C20H16F3NO5/c1-26-15-3-2-4-16(11-15)27-12-17-9-10-18(28-17)19(25)24-13-5-7-14(8-6-13)29-20(21,22)23/h2-11H,12H2,1H3,(H,24,25). The Labute approximate surface area is 163 Å². The van der Waals surface area contributed by atoms with Gasteiger partial charge < -0.3 is 23.9 Å². The molecule has 29 heavy (non-hydrogen) atoms. The van der Waals surface area contributed by atoms with Crippen molar-refractivity contribution in [2.45, 2.75) is 13.0 Å². The SMILES string of the molecule is COc1cccc(OCc2ccc(C(=O)Nc3ccc(OC(F)(F)F)cc3)o2)c1. The van der Waals surface area contributed by atoms with Crippen LogP contribution in [0.3, 0.4) is 0 Å². The van der Waals surface area contributed by atoms with Crippen LogP contribution < -0.4 is 19.5 Å². The summed E-state index contributed by atoms with van der Waals surface area (Å²) in [7, 11) is 1.55. The quantitative estimate of drug-likeness (QED) is 0.596. The number of furan rings is 1. The summed E-state index contributed by atoms with van der Waals surface area (Å²) in [6.45, 7) is 0.101. The summed E-state index contributed by atoms with van der Waals surface area (Å²) in [5, 5.41) is 2.52. The molecular weight excluding hydrogens is 391 g/mol. The monoisotopic (exact) mass is 407 g/mol. The van der Waals surface area contributed by atoms with Crippen LogP contribution in [0, 0.1) is 0 Å². The van der Waals surface area contributed by atoms with Crippen molar-refractivity contribution in [1.29, 1.82) is 0 Å². The molecule has 0 radical (unpaired) electrons. The maximum Gasteiger partial charge on any atom is 0.573 e. The van der Waals surface area contributed by atoms with Crippen molar-refractivity contribution >= 4 is 11.6 Å². The van der Waals surface area contributed by atoms with Gasteiger partial charge in [-0.15, -0.1) is 13.2 Å². The van der Waals surface area contributed by atoms with Crippen molar-refractivity contribution in [3.63, 3.8) is 0 Å². The average Bonchev–Trinajstić information content (AvgIpc) is 3.16. The number of anilines is 1. The highest BCUT2D eigenvalue weighted by Crippen LogP contribution is 2.24. The molecule has 0 aliphatic rings. The fourth-order valence-corrected chi connectivity index (χ4v) is 2.36. The molecule has 0 fully saturated rings. The van der Waals surface area contributed by atoms with E-state index in [1.54, 1.807) is 37.4 Å². The van der Waals surface area contributed by atoms with Gasteiger partial charge in [0.05, 0.1) is 7.11 Å². The largest absolute Gasteiger partial charge is 0.573 e. The lowest BCUT2D eigenvalue weighted by atomic mass is 10.3. The molecule has 9 heteroatoms. The Morgan fingerprint density at radius 1 is 1.00 bits per heavy atom. The second kappa shape index (κ2) is 8.59. The number of hydrogen-bond acceptors (Lipinski definition) is 5. The number of hydrogen-bond donors (Lipinski definition) is 1. The van der Waals surface area contributed by atoms with E-state index in [1.807, 2.05) is 0 Å². The van der Waals surface area contributed by atoms with Gasteiger partial charge in [-0.2, -0.15) is 0 Å². The van der Waals surface area contributed by atoms with Gasteiger partial charge in [0.25, 0.3) is 5.91 Å². The van der Waals surface area contributed by atoms with Gasteiger partial charge in [-0.1, -0.05) is 6.07 Å². The summed E-state index contributed by atoms with van der Waals surface area (Å²) in [5.41, 5.74) is 0.287. The van der Waals surface area contributed by atoms with Gasteiger partial charge in [-0.05, 0) is 48.5 Å². The van der Waals surface area contributed by atoms with Crippen LogP contribution in [0.25, 0.3) is 0 Å². The third kappa shape index (κ3) is 5.93. The first-order chi connectivity index (χ1) is 13.8. The minimum Gasteiger partial charge on any atom is -0.497 e. The fraction of sp³-hybridized carbons (Fsp3) is 0.150. The second-order valence-corrected chi connectivity index (χ2v) is 5.76. The Hall–Kier alpha value is -3.62. The van der Waals surface area contributed by atoms with Crippen molar-refractivity contribution in [2.75, 3.05) is 12.4 Å². The summed E-state index contributed by atoms with van der Waals surface area (Å²) < 4.78 is 56.4. The van der Waals surface area contributed by atoms with E-state index < -0.39 is 12.3 Å². The molecular formula is C20H16F3NO5. The number of carbonyl (C=O) groups excluding carboxylic acids is 1. The number of alkyl halides is 3. The molecule has 0 bridgehead atoms. The van der Waals surface area contributed by atoms with Gasteiger partial charge in [0.2, 0.25) is 0 Å². The number of halogens is 3. The van der Waals surface area contributed by atoms with E-state index in [2.05, 4.69) is 10.1 Å². The zero-order valence-electron chi connectivity index (χ0n) is 15.2. The molecule has 0 aliphatic carbocycles. The number of ether oxygens (including phenoxy) is 3. The van der Waals surface area contributed by atoms with Crippen LogP contribution in [-0.4, -0.2) is 19.4 Å². The van der Waals surface area contributed by atoms with E-state index in [-0.39, 0.29) is 23.8 Å². The van der Waals surface area contributed by atoms with E-state index in [0.717, 1.165) is 12.1 Å². The number of nitrogens with one attached hydrogen (secondary N) is 1. The first kappa shape index (κ1) is 20.1. The van der Waals surface area contributed by atoms with E-state index in [4.69, 9.17) is 13.9 Å². The Kier molecular flexibility index (Phi) is 5.96. The van der Waals surface area contributed by atoms with Crippen LogP contribution in [0.2, 0.25) is 0 Å². The molecule has 0 unspecified atom stereocenters. The highest BCUT2D eigenvalue weighted by Gasteiger charge is 2.31. The summed E-state index contributed by atoms with van der Waals surface area (Å²) in [6, 6.07) is 14.9. The first-order valence-electron chi connectivity index (χ1n) is 8.35. The molecule has 6 nitrogen and oxygen atoms in total. The predicted octanol–water partition coefficient (Wildman–Crippen LogP) is 5.02. The molecule has 0 aliphatic heterocycles. The van der Waals surface area contributed by atoms with Gasteiger partial charge in [0.15, 0.2) is 5.76 Å². The van der Waals surface area contributed by atoms with Crippen LogP contribution in [-0.2, 0) is 6.61 Å². The number of carbonyl (C=O) groups is 1. The van der Waals surface area contributed by atoms with Crippen molar-refractivity contribution < 1.29 is 36.6 Å². The predicted molar refractivity (Wildman–Crippen MR) is 97.1 cm³/mol. The van der Waals surface area contributed by atoms with E-state index in [9.17, 15) is 18.0 Å². The molecule has 0 saturated carbocycles. The van der Waals surface area contributed by atoms with E-state index in [0.29, 0.717) is 17.3 Å². The van der Waals surface area contributed by atoms with Crippen molar-refractivity contribution in [2.24, 2.45) is 0 Å². The minimum atomic E-state index is -4.78. The Morgan fingerprint density at radius 2 is 1.72 bits per heavy atom. The Bertz CT molecular complexity index is 967. The summed E-state index contributed by atoms with van der Waals surface area (Å²) >= 11 is 0. The fourth-order valence-electron chi connectivity index (χ4n) is 2.36. The lowest BCUT2D eigenvalue weighted by molar-refractivity contribution is -0.274. The topological polar surface area (TPSA) is 69.9 Å². The van der Waals surface area contributed by atoms with E-state index in [1.165, 1.54) is 18.2 Å². The molecule has 1 N–H and O–H groups in total. The normalized spacial score (nSPS) is 11.0.